The van der Waals surface area contributed by atoms with Gasteiger partial charge < -0.3 is 14.2 Å². The highest BCUT2D eigenvalue weighted by molar-refractivity contribution is 6.76. The van der Waals surface area contributed by atoms with Gasteiger partial charge in [-0.3, -0.25) is 0 Å². The van der Waals surface area contributed by atoms with E-state index in [4.69, 9.17) is 14.2 Å². The van der Waals surface area contributed by atoms with Crippen molar-refractivity contribution in [3.8, 4) is 0 Å². The molecule has 0 spiro atoms. The second kappa shape index (κ2) is 8.01. The second-order valence-electron chi connectivity index (χ2n) is 8.17. The first-order valence-corrected chi connectivity index (χ1v) is 12.8. The van der Waals surface area contributed by atoms with Gasteiger partial charge in [-0.25, -0.2) is 9.48 Å². The molecular formula is C18H32N2O4Si. The van der Waals surface area contributed by atoms with Crippen molar-refractivity contribution < 1.29 is 19.0 Å². The normalized spacial score (nSPS) is 20.4. The third-order valence-corrected chi connectivity index (χ3v) is 6.49. The molecule has 1 aliphatic rings. The molecule has 1 unspecified atom stereocenters. The SMILES string of the molecule is CCOC(=O)c1nn(COCC[Si](C)(C)C)c2c1CCC(C)(OC)C2. The van der Waals surface area contributed by atoms with Crippen molar-refractivity contribution in [2.24, 2.45) is 0 Å². The molecule has 6 nitrogen and oxygen atoms in total. The fourth-order valence-corrected chi connectivity index (χ4v) is 3.76. The van der Waals surface area contributed by atoms with Crippen molar-refractivity contribution in [3.05, 3.63) is 17.0 Å². The molecule has 0 N–H and O–H groups in total. The van der Waals surface area contributed by atoms with E-state index in [0.717, 1.165) is 43.2 Å². The van der Waals surface area contributed by atoms with Crippen molar-refractivity contribution in [1.82, 2.24) is 9.78 Å². The van der Waals surface area contributed by atoms with Gasteiger partial charge in [0.15, 0.2) is 5.69 Å². The largest absolute Gasteiger partial charge is 0.461 e. The monoisotopic (exact) mass is 368 g/mol. The topological polar surface area (TPSA) is 62.6 Å². The zero-order valence-corrected chi connectivity index (χ0v) is 17.5. The maximum Gasteiger partial charge on any atom is 0.359 e. The third-order valence-electron chi connectivity index (χ3n) is 4.78. The molecule has 1 atom stereocenters. The Balaban J connectivity index is 2.19. The molecule has 0 radical (unpaired) electrons. The van der Waals surface area contributed by atoms with Crippen molar-refractivity contribution >= 4 is 14.0 Å². The van der Waals surface area contributed by atoms with Crippen LogP contribution in [0.5, 0.6) is 0 Å². The summed E-state index contributed by atoms with van der Waals surface area (Å²) in [6.07, 6.45) is 2.36. The molecule has 0 fully saturated rings. The van der Waals surface area contributed by atoms with Crippen LogP contribution in [-0.4, -0.2) is 49.7 Å². The first-order valence-electron chi connectivity index (χ1n) is 9.07. The summed E-state index contributed by atoms with van der Waals surface area (Å²) >= 11 is 0. The average molecular weight is 369 g/mol. The van der Waals surface area contributed by atoms with Gasteiger partial charge in [-0.2, -0.15) is 5.10 Å². The lowest BCUT2D eigenvalue weighted by molar-refractivity contribution is -0.00906. The van der Waals surface area contributed by atoms with Gasteiger partial charge in [0, 0.05) is 39.5 Å². The van der Waals surface area contributed by atoms with Gasteiger partial charge in [0.1, 0.15) is 6.73 Å². The molecule has 0 saturated carbocycles. The maximum absolute atomic E-state index is 12.3. The summed E-state index contributed by atoms with van der Waals surface area (Å²) in [4.78, 5) is 12.3. The van der Waals surface area contributed by atoms with Crippen LogP contribution in [0.3, 0.4) is 0 Å². The molecule has 7 heteroatoms. The Kier molecular flexibility index (Phi) is 6.45. The highest BCUT2D eigenvalue weighted by Crippen LogP contribution is 2.33. The van der Waals surface area contributed by atoms with E-state index in [1.807, 2.05) is 11.6 Å². The number of methoxy groups -OCH3 is 1. The van der Waals surface area contributed by atoms with Crippen LogP contribution in [0.1, 0.15) is 42.0 Å². The lowest BCUT2D eigenvalue weighted by Crippen LogP contribution is -2.35. The van der Waals surface area contributed by atoms with Crippen molar-refractivity contribution in [2.75, 3.05) is 20.3 Å². The van der Waals surface area contributed by atoms with E-state index >= 15 is 0 Å². The molecule has 0 saturated heterocycles. The zero-order chi connectivity index (χ0) is 18.7. The minimum Gasteiger partial charge on any atom is -0.461 e. The number of esters is 1. The highest BCUT2D eigenvalue weighted by atomic mass is 28.3. The number of hydrogen-bond donors (Lipinski definition) is 0. The number of fused-ring (bicyclic) bond motifs is 1. The summed E-state index contributed by atoms with van der Waals surface area (Å²) in [5.41, 5.74) is 2.23. The molecule has 0 aromatic carbocycles. The standard InChI is InChI=1S/C18H32N2O4Si/c1-7-24-17(21)16-14-8-9-18(2,22-3)12-15(14)20(19-16)13-23-10-11-25(4,5)6/h7-13H2,1-6H3. The van der Waals surface area contributed by atoms with E-state index in [-0.39, 0.29) is 11.6 Å². The molecule has 0 aliphatic heterocycles. The minimum absolute atomic E-state index is 0.227. The summed E-state index contributed by atoms with van der Waals surface area (Å²) in [7, 11) is 0.614. The summed E-state index contributed by atoms with van der Waals surface area (Å²) in [5, 5.41) is 4.52. The first kappa shape index (κ1) is 20.1. The zero-order valence-electron chi connectivity index (χ0n) is 16.5. The van der Waals surface area contributed by atoms with E-state index in [1.54, 1.807) is 7.11 Å². The molecule has 1 heterocycles. The van der Waals surface area contributed by atoms with Gasteiger partial charge >= 0.3 is 5.97 Å². The van der Waals surface area contributed by atoms with E-state index < -0.39 is 8.07 Å². The van der Waals surface area contributed by atoms with Crippen molar-refractivity contribution in [2.45, 2.75) is 71.1 Å². The Hall–Kier alpha value is -1.18. The summed E-state index contributed by atoms with van der Waals surface area (Å²) in [6, 6.07) is 1.11. The van der Waals surface area contributed by atoms with Crippen LogP contribution < -0.4 is 0 Å². The Labute approximate surface area is 151 Å². The number of ether oxygens (including phenoxy) is 3. The quantitative estimate of drug-likeness (QED) is 0.400. The molecule has 142 valence electrons. The third kappa shape index (κ3) is 5.15. The van der Waals surface area contributed by atoms with E-state index in [9.17, 15) is 4.79 Å². The van der Waals surface area contributed by atoms with Gasteiger partial charge in [-0.1, -0.05) is 19.6 Å². The molecule has 0 bridgehead atoms. The number of nitrogens with zero attached hydrogens (tertiary/aromatic N) is 2. The lowest BCUT2D eigenvalue weighted by Gasteiger charge is -2.32. The van der Waals surface area contributed by atoms with Crippen LogP contribution in [0.4, 0.5) is 0 Å². The summed E-state index contributed by atoms with van der Waals surface area (Å²) < 4.78 is 18.5. The van der Waals surface area contributed by atoms with Gasteiger partial charge in [0.05, 0.1) is 12.2 Å². The average Bonchev–Trinajstić information content (AvgIpc) is 2.89. The fourth-order valence-electron chi connectivity index (χ4n) is 3.00. The molecule has 25 heavy (non-hydrogen) atoms. The number of carbonyl (C=O) groups excluding carboxylic acids is 1. The van der Waals surface area contributed by atoms with E-state index in [0.29, 0.717) is 19.0 Å². The maximum atomic E-state index is 12.3. The van der Waals surface area contributed by atoms with Crippen LogP contribution in [0.15, 0.2) is 0 Å². The van der Waals surface area contributed by atoms with Crippen LogP contribution in [0.25, 0.3) is 0 Å². The van der Waals surface area contributed by atoms with Gasteiger partial charge in [-0.05, 0) is 32.7 Å². The Morgan fingerprint density at radius 3 is 2.68 bits per heavy atom. The predicted octanol–water partition coefficient (Wildman–Crippen LogP) is 3.27. The van der Waals surface area contributed by atoms with Crippen LogP contribution in [0, 0.1) is 0 Å². The highest BCUT2D eigenvalue weighted by Gasteiger charge is 2.36. The van der Waals surface area contributed by atoms with Crippen molar-refractivity contribution in [3.63, 3.8) is 0 Å². The lowest BCUT2D eigenvalue weighted by atomic mass is 9.84. The molecular weight excluding hydrogens is 336 g/mol. The van der Waals surface area contributed by atoms with Gasteiger partial charge in [-0.15, -0.1) is 0 Å². The Morgan fingerprint density at radius 2 is 2.08 bits per heavy atom. The number of hydrogen-bond acceptors (Lipinski definition) is 5. The van der Waals surface area contributed by atoms with Gasteiger partial charge in [0.25, 0.3) is 0 Å². The Bertz CT molecular complexity index is 609. The van der Waals surface area contributed by atoms with Crippen molar-refractivity contribution in [1.29, 1.82) is 0 Å². The van der Waals surface area contributed by atoms with Crippen LogP contribution >= 0.6 is 0 Å². The number of rotatable bonds is 8. The smallest absolute Gasteiger partial charge is 0.359 e. The summed E-state index contributed by atoms with van der Waals surface area (Å²) in [6.45, 7) is 12.3. The predicted molar refractivity (Wildman–Crippen MR) is 99.7 cm³/mol. The van der Waals surface area contributed by atoms with Crippen LogP contribution in [0.2, 0.25) is 25.7 Å². The molecule has 1 aromatic heterocycles. The fraction of sp³-hybridized carbons (Fsp3) is 0.778. The first-order chi connectivity index (χ1) is 11.7. The van der Waals surface area contributed by atoms with E-state index in [1.165, 1.54) is 0 Å². The van der Waals surface area contributed by atoms with Crippen LogP contribution in [-0.2, 0) is 33.8 Å². The van der Waals surface area contributed by atoms with E-state index in [2.05, 4.69) is 31.7 Å². The Morgan fingerprint density at radius 1 is 1.36 bits per heavy atom. The minimum atomic E-state index is -1.12. The second-order valence-corrected chi connectivity index (χ2v) is 13.8. The summed E-state index contributed by atoms with van der Waals surface area (Å²) in [5.74, 6) is -0.347. The number of aromatic nitrogens is 2. The number of carbonyl (C=O) groups is 1. The molecule has 1 aliphatic carbocycles. The molecule has 2 rings (SSSR count). The van der Waals surface area contributed by atoms with Gasteiger partial charge in [0.2, 0.25) is 0 Å². The molecule has 0 amide bonds. The molecule has 1 aromatic rings.